The van der Waals surface area contributed by atoms with Gasteiger partial charge >= 0.3 is 5.97 Å². The number of anilines is 2. The number of ether oxygens (including phenoxy) is 2. The maximum atomic E-state index is 12.0. The Morgan fingerprint density at radius 3 is 2.73 bits per heavy atom. The van der Waals surface area contributed by atoms with Gasteiger partial charge in [-0.05, 0) is 49.6 Å². The Bertz CT molecular complexity index is 1140. The van der Waals surface area contributed by atoms with Crippen molar-refractivity contribution in [2.45, 2.75) is 38.0 Å². The highest BCUT2D eigenvalue weighted by molar-refractivity contribution is 6.43. The second-order valence-corrected chi connectivity index (χ2v) is 10.9. The minimum absolute atomic E-state index is 0.0233. The van der Waals surface area contributed by atoms with Crippen molar-refractivity contribution >= 4 is 46.5 Å². The fourth-order valence-corrected chi connectivity index (χ4v) is 5.47. The highest BCUT2D eigenvalue weighted by Crippen LogP contribution is 2.33. The summed E-state index contributed by atoms with van der Waals surface area (Å²) in [5, 5.41) is 16.2. The Kier molecular flexibility index (Phi) is 11.6. The zero-order valence-corrected chi connectivity index (χ0v) is 24.2. The van der Waals surface area contributed by atoms with Crippen LogP contribution in [-0.4, -0.2) is 81.1 Å². The van der Waals surface area contributed by atoms with Crippen molar-refractivity contribution in [3.63, 3.8) is 0 Å². The first-order valence-electron chi connectivity index (χ1n) is 13.9. The van der Waals surface area contributed by atoms with Gasteiger partial charge in [0.2, 0.25) is 5.91 Å². The number of aliphatic carboxylic acids is 1. The first-order chi connectivity index (χ1) is 19.4. The summed E-state index contributed by atoms with van der Waals surface area (Å²) in [6.45, 7) is 6.91. The Hall–Kier alpha value is -2.72. The molecule has 1 saturated heterocycles. The van der Waals surface area contributed by atoms with Gasteiger partial charge < -0.3 is 30.1 Å². The van der Waals surface area contributed by atoms with Gasteiger partial charge in [0.25, 0.3) is 0 Å². The van der Waals surface area contributed by atoms with Crippen molar-refractivity contribution in [1.29, 1.82) is 0 Å². The smallest absolute Gasteiger partial charge is 0.303 e. The molecule has 2 heterocycles. The van der Waals surface area contributed by atoms with Gasteiger partial charge in [-0.2, -0.15) is 0 Å². The lowest BCUT2D eigenvalue weighted by Gasteiger charge is -2.36. The largest absolute Gasteiger partial charge is 0.494 e. The third-order valence-corrected chi connectivity index (χ3v) is 8.14. The molecule has 2 aromatic carbocycles. The van der Waals surface area contributed by atoms with Crippen molar-refractivity contribution in [2.75, 3.05) is 69.4 Å². The minimum Gasteiger partial charge on any atom is -0.494 e. The van der Waals surface area contributed by atoms with Crippen LogP contribution < -0.4 is 20.3 Å². The van der Waals surface area contributed by atoms with Crippen LogP contribution in [0.15, 0.2) is 36.4 Å². The Morgan fingerprint density at radius 2 is 1.93 bits per heavy atom. The maximum Gasteiger partial charge on any atom is 0.303 e. The zero-order valence-electron chi connectivity index (χ0n) is 22.7. The summed E-state index contributed by atoms with van der Waals surface area (Å²) in [4.78, 5) is 27.5. The standard InChI is InChI=1S/C29H38Cl2N4O5/c30-24-4-3-5-26(29(24)31)35-14-12-34(13-15-35)11-1-2-16-40-22-6-7-23-21(10-17-39-20-33-25(23)18-22)19-32-27(36)8-9-28(37)38/h3-7,18,21,33H,1-2,8-17,19-20H2,(H,32,36)(H,37,38). The van der Waals surface area contributed by atoms with Crippen LogP contribution in [-0.2, 0) is 14.3 Å². The molecule has 0 aliphatic carbocycles. The summed E-state index contributed by atoms with van der Waals surface area (Å²) in [5.74, 6) is -0.383. The van der Waals surface area contributed by atoms with Gasteiger partial charge in [0, 0.05) is 63.4 Å². The molecule has 2 aliphatic heterocycles. The number of nitrogens with zero attached hydrogens (tertiary/aromatic N) is 2. The lowest BCUT2D eigenvalue weighted by atomic mass is 9.93. The molecule has 0 saturated carbocycles. The third-order valence-electron chi connectivity index (χ3n) is 7.33. The molecule has 2 aliphatic rings. The van der Waals surface area contributed by atoms with Gasteiger partial charge in [0.05, 0.1) is 28.8 Å². The van der Waals surface area contributed by atoms with Gasteiger partial charge in [-0.1, -0.05) is 35.3 Å². The number of benzene rings is 2. The molecule has 1 unspecified atom stereocenters. The number of nitrogens with one attached hydrogen (secondary N) is 2. The van der Waals surface area contributed by atoms with E-state index in [-0.39, 0.29) is 24.7 Å². The van der Waals surface area contributed by atoms with Crippen LogP contribution in [0.1, 0.15) is 43.6 Å². The summed E-state index contributed by atoms with van der Waals surface area (Å²) in [6.07, 6.45) is 2.57. The van der Waals surface area contributed by atoms with E-state index in [2.05, 4.69) is 20.4 Å². The summed E-state index contributed by atoms with van der Waals surface area (Å²) >= 11 is 12.6. The normalized spacial score (nSPS) is 17.8. The predicted molar refractivity (Wildman–Crippen MR) is 158 cm³/mol. The number of carbonyl (C=O) groups is 2. The SMILES string of the molecule is O=C(O)CCC(=O)NCC1CCOCNc2cc(OCCCCN3CCN(c4cccc(Cl)c4Cl)CC3)ccc21. The molecule has 9 nitrogen and oxygen atoms in total. The molecular weight excluding hydrogens is 555 g/mol. The number of hydrogen-bond acceptors (Lipinski definition) is 7. The summed E-state index contributed by atoms with van der Waals surface area (Å²) in [6, 6.07) is 11.8. The summed E-state index contributed by atoms with van der Waals surface area (Å²) < 4.78 is 11.7. The van der Waals surface area contributed by atoms with Gasteiger partial charge in [-0.15, -0.1) is 0 Å². The number of carboxylic acid groups (broad SMARTS) is 1. The fraction of sp³-hybridized carbons (Fsp3) is 0.517. The van der Waals surface area contributed by atoms with Crippen LogP contribution in [0.3, 0.4) is 0 Å². The molecule has 11 heteroatoms. The number of fused-ring (bicyclic) bond motifs is 1. The van der Waals surface area contributed by atoms with Gasteiger partial charge in [0.15, 0.2) is 0 Å². The van der Waals surface area contributed by atoms with E-state index in [1.54, 1.807) is 0 Å². The summed E-state index contributed by atoms with van der Waals surface area (Å²) in [5.41, 5.74) is 3.03. The van der Waals surface area contributed by atoms with Crippen molar-refractivity contribution in [1.82, 2.24) is 10.2 Å². The first kappa shape index (κ1) is 30.2. The van der Waals surface area contributed by atoms with E-state index in [1.165, 1.54) is 0 Å². The first-order valence-corrected chi connectivity index (χ1v) is 14.6. The van der Waals surface area contributed by atoms with Crippen molar-refractivity contribution in [3.8, 4) is 5.75 Å². The van der Waals surface area contributed by atoms with E-state index >= 15 is 0 Å². The number of rotatable bonds is 12. The lowest BCUT2D eigenvalue weighted by molar-refractivity contribution is -0.138. The van der Waals surface area contributed by atoms with Crippen LogP contribution in [0.25, 0.3) is 0 Å². The van der Waals surface area contributed by atoms with Crippen molar-refractivity contribution in [3.05, 3.63) is 52.0 Å². The van der Waals surface area contributed by atoms with E-state index in [9.17, 15) is 9.59 Å². The van der Waals surface area contributed by atoms with Crippen LogP contribution in [0.4, 0.5) is 11.4 Å². The van der Waals surface area contributed by atoms with Crippen LogP contribution in [0.2, 0.25) is 10.0 Å². The second kappa shape index (κ2) is 15.3. The molecule has 218 valence electrons. The molecule has 1 atom stereocenters. The number of carboxylic acids is 1. The Morgan fingerprint density at radius 1 is 1.10 bits per heavy atom. The average Bonchev–Trinajstić information content (AvgIpc) is 2.94. The van der Waals surface area contributed by atoms with E-state index in [0.717, 1.165) is 74.7 Å². The number of amides is 1. The van der Waals surface area contributed by atoms with Crippen LogP contribution in [0.5, 0.6) is 5.75 Å². The van der Waals surface area contributed by atoms with E-state index in [4.69, 9.17) is 37.8 Å². The summed E-state index contributed by atoms with van der Waals surface area (Å²) in [7, 11) is 0. The topological polar surface area (TPSA) is 103 Å². The molecule has 3 N–H and O–H groups in total. The van der Waals surface area contributed by atoms with Crippen LogP contribution in [0, 0.1) is 0 Å². The van der Waals surface area contributed by atoms with Crippen molar-refractivity contribution in [2.24, 2.45) is 0 Å². The average molecular weight is 594 g/mol. The van der Waals surface area contributed by atoms with Crippen molar-refractivity contribution < 1.29 is 24.2 Å². The number of unbranched alkanes of at least 4 members (excludes halogenated alkanes) is 1. The van der Waals surface area contributed by atoms with E-state index in [0.29, 0.717) is 36.5 Å². The molecule has 1 fully saturated rings. The number of halogens is 2. The molecule has 0 aromatic heterocycles. The maximum absolute atomic E-state index is 12.0. The molecule has 0 spiro atoms. The third kappa shape index (κ3) is 8.89. The van der Waals surface area contributed by atoms with Gasteiger partial charge in [0.1, 0.15) is 12.5 Å². The number of carbonyl (C=O) groups excluding carboxylic acids is 1. The molecule has 2 aromatic rings. The minimum atomic E-state index is -0.977. The highest BCUT2D eigenvalue weighted by atomic mass is 35.5. The highest BCUT2D eigenvalue weighted by Gasteiger charge is 2.21. The molecular formula is C29H38Cl2N4O5. The molecule has 0 radical (unpaired) electrons. The zero-order chi connectivity index (χ0) is 28.3. The molecule has 40 heavy (non-hydrogen) atoms. The van der Waals surface area contributed by atoms with E-state index < -0.39 is 5.97 Å². The monoisotopic (exact) mass is 592 g/mol. The Labute approximate surface area is 245 Å². The number of hydrogen-bond donors (Lipinski definition) is 3. The molecule has 4 rings (SSSR count). The van der Waals surface area contributed by atoms with E-state index in [1.807, 2.05) is 36.4 Å². The molecule has 1 amide bonds. The molecule has 0 bridgehead atoms. The Balaban J connectivity index is 1.19. The second-order valence-electron chi connectivity index (χ2n) is 10.1. The van der Waals surface area contributed by atoms with Gasteiger partial charge in [-0.3, -0.25) is 14.5 Å². The fourth-order valence-electron chi connectivity index (χ4n) is 5.05. The lowest BCUT2D eigenvalue weighted by Crippen LogP contribution is -2.46. The van der Waals surface area contributed by atoms with Crippen LogP contribution >= 0.6 is 23.2 Å². The number of piperazine rings is 1. The predicted octanol–water partition coefficient (Wildman–Crippen LogP) is 4.83. The quantitative estimate of drug-likeness (QED) is 0.301. The van der Waals surface area contributed by atoms with Gasteiger partial charge in [-0.25, -0.2) is 0 Å².